The van der Waals surface area contributed by atoms with Gasteiger partial charge < -0.3 is 20.4 Å². The molecule has 6 nitrogen and oxygen atoms in total. The number of nitrogens with zero attached hydrogens (tertiary/aromatic N) is 1. The number of imidazole rings is 1. The molecule has 0 saturated carbocycles. The third-order valence-electron chi connectivity index (χ3n) is 3.11. The molecule has 1 aromatic heterocycles. The lowest BCUT2D eigenvalue weighted by atomic mass is 10.2. The second kappa shape index (κ2) is 5.38. The number of morpholine rings is 1. The van der Waals surface area contributed by atoms with Crippen LogP contribution in [-0.4, -0.2) is 41.7 Å². The third-order valence-corrected chi connectivity index (χ3v) is 3.11. The van der Waals surface area contributed by atoms with Crippen LogP contribution in [0.5, 0.6) is 0 Å². The van der Waals surface area contributed by atoms with Crippen LogP contribution in [0, 0.1) is 0 Å². The number of fused-ring (bicyclic) bond motifs is 1. The van der Waals surface area contributed by atoms with Crippen molar-refractivity contribution >= 4 is 16.9 Å². The lowest BCUT2D eigenvalue weighted by Crippen LogP contribution is -2.51. The molecule has 1 aliphatic rings. The van der Waals surface area contributed by atoms with E-state index in [9.17, 15) is 4.79 Å². The van der Waals surface area contributed by atoms with Crippen molar-refractivity contribution in [2.45, 2.75) is 12.6 Å². The average Bonchev–Trinajstić information content (AvgIpc) is 2.88. The van der Waals surface area contributed by atoms with Crippen LogP contribution in [0.15, 0.2) is 24.3 Å². The van der Waals surface area contributed by atoms with Gasteiger partial charge in [-0.15, -0.1) is 0 Å². The van der Waals surface area contributed by atoms with Crippen LogP contribution in [0.3, 0.4) is 0 Å². The first kappa shape index (κ1) is 12.1. The number of ether oxygens (including phenoxy) is 1. The quantitative estimate of drug-likeness (QED) is 0.735. The van der Waals surface area contributed by atoms with Crippen molar-refractivity contribution in [1.29, 1.82) is 0 Å². The predicted octanol–water partition coefficient (Wildman–Crippen LogP) is 0.167. The minimum atomic E-state index is -0.266. The van der Waals surface area contributed by atoms with E-state index >= 15 is 0 Å². The van der Waals surface area contributed by atoms with Crippen LogP contribution < -0.4 is 10.6 Å². The molecule has 0 radical (unpaired) electrons. The molecule has 100 valence electrons. The van der Waals surface area contributed by atoms with Crippen molar-refractivity contribution in [2.75, 3.05) is 19.8 Å². The molecule has 1 atom stereocenters. The standard InChI is InChI=1S/C13H16N4O2/c18-13(11-8-19-6-5-14-11)15-7-12-16-9-3-1-2-4-10(9)17-12/h1-4,11,14H,5-8H2,(H,15,18)(H,16,17). The van der Waals surface area contributed by atoms with Crippen LogP contribution in [0.2, 0.25) is 0 Å². The van der Waals surface area contributed by atoms with Crippen LogP contribution in [0.25, 0.3) is 11.0 Å². The van der Waals surface area contributed by atoms with Crippen molar-refractivity contribution in [3.8, 4) is 0 Å². The van der Waals surface area contributed by atoms with Crippen molar-refractivity contribution in [3.63, 3.8) is 0 Å². The topological polar surface area (TPSA) is 79.0 Å². The smallest absolute Gasteiger partial charge is 0.239 e. The number of rotatable bonds is 3. The summed E-state index contributed by atoms with van der Waals surface area (Å²) in [5.41, 5.74) is 1.89. The molecule has 1 aliphatic heterocycles. The second-order valence-electron chi connectivity index (χ2n) is 4.50. The maximum atomic E-state index is 11.9. The van der Waals surface area contributed by atoms with Crippen LogP contribution in [-0.2, 0) is 16.1 Å². The Kier molecular flexibility index (Phi) is 3.43. The minimum Gasteiger partial charge on any atom is -0.378 e. The van der Waals surface area contributed by atoms with E-state index < -0.39 is 0 Å². The number of hydrogen-bond acceptors (Lipinski definition) is 4. The molecule has 0 aliphatic carbocycles. The summed E-state index contributed by atoms with van der Waals surface area (Å²) in [5.74, 6) is 0.700. The van der Waals surface area contributed by atoms with Crippen LogP contribution in [0.1, 0.15) is 5.82 Å². The lowest BCUT2D eigenvalue weighted by molar-refractivity contribution is -0.126. The Labute approximate surface area is 110 Å². The Hall–Kier alpha value is -1.92. The van der Waals surface area contributed by atoms with E-state index in [0.717, 1.165) is 16.9 Å². The number of amides is 1. The molecule has 1 fully saturated rings. The highest BCUT2D eigenvalue weighted by atomic mass is 16.5. The maximum Gasteiger partial charge on any atom is 0.239 e. The molecule has 1 saturated heterocycles. The number of hydrogen-bond donors (Lipinski definition) is 3. The fraction of sp³-hybridized carbons (Fsp3) is 0.385. The van der Waals surface area contributed by atoms with Crippen molar-refractivity contribution in [2.24, 2.45) is 0 Å². The van der Waals surface area contributed by atoms with Gasteiger partial charge in [-0.2, -0.15) is 0 Å². The summed E-state index contributed by atoms with van der Waals surface area (Å²) in [6.45, 7) is 2.19. The van der Waals surface area contributed by atoms with Crippen LogP contribution in [0.4, 0.5) is 0 Å². The van der Waals surface area contributed by atoms with Gasteiger partial charge in [-0.05, 0) is 12.1 Å². The first-order chi connectivity index (χ1) is 9.33. The Bertz CT molecular complexity index is 542. The highest BCUT2D eigenvalue weighted by molar-refractivity contribution is 5.82. The number of para-hydroxylation sites is 2. The Morgan fingerprint density at radius 1 is 1.47 bits per heavy atom. The number of benzene rings is 1. The highest BCUT2D eigenvalue weighted by Gasteiger charge is 2.20. The van der Waals surface area contributed by atoms with Gasteiger partial charge >= 0.3 is 0 Å². The normalized spacial score (nSPS) is 19.5. The highest BCUT2D eigenvalue weighted by Crippen LogP contribution is 2.09. The summed E-state index contributed by atoms with van der Waals surface area (Å²) in [6.07, 6.45) is 0. The zero-order valence-electron chi connectivity index (χ0n) is 10.5. The van der Waals surface area contributed by atoms with Gasteiger partial charge in [0.15, 0.2) is 0 Å². The second-order valence-corrected chi connectivity index (χ2v) is 4.50. The van der Waals surface area contributed by atoms with Gasteiger partial charge in [-0.1, -0.05) is 12.1 Å². The van der Waals surface area contributed by atoms with E-state index in [2.05, 4.69) is 20.6 Å². The van der Waals surface area contributed by atoms with E-state index in [-0.39, 0.29) is 11.9 Å². The Morgan fingerprint density at radius 2 is 2.37 bits per heavy atom. The molecule has 0 spiro atoms. The van der Waals surface area contributed by atoms with Crippen molar-refractivity contribution in [3.05, 3.63) is 30.1 Å². The van der Waals surface area contributed by atoms with Gasteiger partial charge in [-0.3, -0.25) is 4.79 Å². The van der Waals surface area contributed by atoms with Gasteiger partial charge in [0, 0.05) is 6.54 Å². The summed E-state index contributed by atoms with van der Waals surface area (Å²) < 4.78 is 5.26. The van der Waals surface area contributed by atoms with E-state index in [4.69, 9.17) is 4.74 Å². The SMILES string of the molecule is O=C(NCc1nc2ccccc2[nH]1)C1COCCN1. The van der Waals surface area contributed by atoms with Gasteiger partial charge in [0.1, 0.15) is 11.9 Å². The zero-order chi connectivity index (χ0) is 13.1. The van der Waals surface area contributed by atoms with Crippen LogP contribution >= 0.6 is 0 Å². The summed E-state index contributed by atoms with van der Waals surface area (Å²) >= 11 is 0. The molecule has 1 aromatic carbocycles. The van der Waals surface area contributed by atoms with E-state index in [0.29, 0.717) is 26.3 Å². The number of carbonyl (C=O) groups excluding carboxylic acids is 1. The fourth-order valence-corrected chi connectivity index (χ4v) is 2.12. The summed E-state index contributed by atoms with van der Waals surface area (Å²) in [6, 6.07) is 7.52. The summed E-state index contributed by atoms with van der Waals surface area (Å²) in [7, 11) is 0. The minimum absolute atomic E-state index is 0.0554. The number of H-pyrrole nitrogens is 1. The number of nitrogens with one attached hydrogen (secondary N) is 3. The maximum absolute atomic E-state index is 11.9. The molecule has 0 bridgehead atoms. The zero-order valence-corrected chi connectivity index (χ0v) is 10.5. The van der Waals surface area contributed by atoms with E-state index in [1.807, 2.05) is 24.3 Å². The molecule has 2 aromatic rings. The molecule has 3 rings (SSSR count). The largest absolute Gasteiger partial charge is 0.378 e. The lowest BCUT2D eigenvalue weighted by Gasteiger charge is -2.22. The van der Waals surface area contributed by atoms with Crippen molar-refractivity contribution in [1.82, 2.24) is 20.6 Å². The predicted molar refractivity (Wildman–Crippen MR) is 70.6 cm³/mol. The monoisotopic (exact) mass is 260 g/mol. The van der Waals surface area contributed by atoms with Gasteiger partial charge in [0.2, 0.25) is 5.91 Å². The molecule has 19 heavy (non-hydrogen) atoms. The van der Waals surface area contributed by atoms with E-state index in [1.54, 1.807) is 0 Å². The first-order valence-electron chi connectivity index (χ1n) is 6.35. The van der Waals surface area contributed by atoms with Gasteiger partial charge in [0.25, 0.3) is 0 Å². The Morgan fingerprint density at radius 3 is 3.16 bits per heavy atom. The molecule has 6 heteroatoms. The molecule has 1 unspecified atom stereocenters. The fourth-order valence-electron chi connectivity index (χ4n) is 2.12. The number of carbonyl (C=O) groups is 1. The van der Waals surface area contributed by atoms with Gasteiger partial charge in [-0.25, -0.2) is 4.98 Å². The van der Waals surface area contributed by atoms with Crippen molar-refractivity contribution < 1.29 is 9.53 Å². The van der Waals surface area contributed by atoms with Gasteiger partial charge in [0.05, 0.1) is 30.8 Å². The summed E-state index contributed by atoms with van der Waals surface area (Å²) in [4.78, 5) is 19.5. The molecule has 3 N–H and O–H groups in total. The Balaban J connectivity index is 1.60. The molecular formula is C13H16N4O2. The van der Waals surface area contributed by atoms with E-state index in [1.165, 1.54) is 0 Å². The number of aromatic amines is 1. The summed E-state index contributed by atoms with van der Waals surface area (Å²) in [5, 5.41) is 5.97. The third kappa shape index (κ3) is 2.74. The number of aromatic nitrogens is 2. The molecule has 2 heterocycles. The average molecular weight is 260 g/mol. The first-order valence-corrected chi connectivity index (χ1v) is 6.35. The molecule has 1 amide bonds. The molecular weight excluding hydrogens is 244 g/mol.